The summed E-state index contributed by atoms with van der Waals surface area (Å²) in [6.07, 6.45) is 1.94. The lowest BCUT2D eigenvalue weighted by molar-refractivity contribution is -0.110. The number of amides is 1. The van der Waals surface area contributed by atoms with Gasteiger partial charge in [-0.2, -0.15) is 0 Å². The number of hydrogen-bond acceptors (Lipinski definition) is 1. The van der Waals surface area contributed by atoms with E-state index in [2.05, 4.69) is 23.5 Å². The summed E-state index contributed by atoms with van der Waals surface area (Å²) in [6.45, 7) is 0. The zero-order chi connectivity index (χ0) is 15.1. The monoisotopic (exact) mass is 305 g/mol. The first-order chi connectivity index (χ1) is 10.7. The van der Waals surface area contributed by atoms with Gasteiger partial charge in [-0.25, -0.2) is 0 Å². The first-order valence-corrected chi connectivity index (χ1v) is 7.41. The molecule has 0 bridgehead atoms. The molecule has 0 saturated heterocycles. The van der Waals surface area contributed by atoms with E-state index in [-0.39, 0.29) is 5.91 Å². The number of carbonyl (C=O) groups excluding carboxylic acids is 1. The average molecular weight is 306 g/mol. The van der Waals surface area contributed by atoms with Crippen LogP contribution in [0.5, 0.6) is 0 Å². The summed E-state index contributed by atoms with van der Waals surface area (Å²) in [5, 5.41) is 5.77. The number of benzene rings is 3. The number of nitrogens with one attached hydrogen (secondary N) is 1. The maximum atomic E-state index is 12.3. The minimum atomic E-state index is -0.0924. The van der Waals surface area contributed by atoms with Gasteiger partial charge in [-0.1, -0.05) is 60.1 Å². The Morgan fingerprint density at radius 3 is 2.68 bits per heavy atom. The van der Waals surface area contributed by atoms with Crippen LogP contribution in [0.1, 0.15) is 11.1 Å². The Labute approximate surface area is 133 Å². The predicted molar refractivity (Wildman–Crippen MR) is 91.9 cm³/mol. The van der Waals surface area contributed by atoms with Crippen LogP contribution in [-0.2, 0) is 4.79 Å². The standard InChI is InChI=1S/C19H12ClNO/c20-14-8-9-16-17(19(22)21-18(16)11-14)10-13-6-3-5-12-4-1-2-7-15(12)13/h1-11H,(H,21,22)/b17-10+. The summed E-state index contributed by atoms with van der Waals surface area (Å²) in [4.78, 5) is 12.3. The Morgan fingerprint density at radius 1 is 0.955 bits per heavy atom. The Bertz CT molecular complexity index is 938. The highest BCUT2D eigenvalue weighted by atomic mass is 35.5. The third-order valence-electron chi connectivity index (χ3n) is 3.89. The van der Waals surface area contributed by atoms with E-state index in [1.165, 1.54) is 0 Å². The third-order valence-corrected chi connectivity index (χ3v) is 4.12. The molecule has 3 aromatic rings. The Hall–Kier alpha value is -2.58. The van der Waals surface area contributed by atoms with Crippen molar-refractivity contribution in [2.75, 3.05) is 5.32 Å². The molecule has 1 amide bonds. The molecule has 0 aliphatic carbocycles. The Balaban J connectivity index is 1.91. The molecule has 3 aromatic carbocycles. The van der Waals surface area contributed by atoms with E-state index in [1.54, 1.807) is 12.1 Å². The summed E-state index contributed by atoms with van der Waals surface area (Å²) < 4.78 is 0. The summed E-state index contributed by atoms with van der Waals surface area (Å²) >= 11 is 5.99. The molecule has 0 radical (unpaired) electrons. The fourth-order valence-electron chi connectivity index (χ4n) is 2.84. The molecule has 0 spiro atoms. The van der Waals surface area contributed by atoms with Crippen LogP contribution in [0.4, 0.5) is 5.69 Å². The lowest BCUT2D eigenvalue weighted by Gasteiger charge is -2.03. The van der Waals surface area contributed by atoms with Crippen LogP contribution in [0.2, 0.25) is 5.02 Å². The highest BCUT2D eigenvalue weighted by molar-refractivity contribution is 6.36. The largest absolute Gasteiger partial charge is 0.321 e. The second-order valence-corrected chi connectivity index (χ2v) is 5.71. The maximum Gasteiger partial charge on any atom is 0.256 e. The van der Waals surface area contributed by atoms with Gasteiger partial charge in [0.1, 0.15) is 0 Å². The number of carbonyl (C=O) groups is 1. The van der Waals surface area contributed by atoms with Crippen molar-refractivity contribution >= 4 is 45.6 Å². The van der Waals surface area contributed by atoms with Gasteiger partial charge < -0.3 is 5.32 Å². The molecule has 1 N–H and O–H groups in total. The van der Waals surface area contributed by atoms with E-state index in [1.807, 2.05) is 36.4 Å². The molecule has 0 saturated carbocycles. The average Bonchev–Trinajstić information content (AvgIpc) is 2.83. The first kappa shape index (κ1) is 13.1. The summed E-state index contributed by atoms with van der Waals surface area (Å²) in [7, 11) is 0. The van der Waals surface area contributed by atoms with Gasteiger partial charge >= 0.3 is 0 Å². The molecular weight excluding hydrogens is 294 g/mol. The lowest BCUT2D eigenvalue weighted by atomic mass is 10.00. The maximum absolute atomic E-state index is 12.3. The van der Waals surface area contributed by atoms with Gasteiger partial charge in [-0.15, -0.1) is 0 Å². The second-order valence-electron chi connectivity index (χ2n) is 5.27. The van der Waals surface area contributed by atoms with Crippen molar-refractivity contribution in [2.45, 2.75) is 0 Å². The van der Waals surface area contributed by atoms with Crippen molar-refractivity contribution in [3.8, 4) is 0 Å². The van der Waals surface area contributed by atoms with Crippen molar-refractivity contribution < 1.29 is 4.79 Å². The molecule has 1 aliphatic heterocycles. The van der Waals surface area contributed by atoms with E-state index in [0.717, 1.165) is 27.6 Å². The molecule has 4 rings (SSSR count). The van der Waals surface area contributed by atoms with E-state index in [0.29, 0.717) is 10.6 Å². The van der Waals surface area contributed by atoms with Crippen molar-refractivity contribution in [3.05, 3.63) is 76.8 Å². The van der Waals surface area contributed by atoms with Gasteiger partial charge in [0.25, 0.3) is 5.91 Å². The van der Waals surface area contributed by atoms with Crippen LogP contribution < -0.4 is 5.32 Å². The molecule has 2 nitrogen and oxygen atoms in total. The van der Waals surface area contributed by atoms with Gasteiger partial charge in [0.2, 0.25) is 0 Å². The van der Waals surface area contributed by atoms with Gasteiger partial charge in [0.05, 0.1) is 5.69 Å². The topological polar surface area (TPSA) is 29.1 Å². The highest BCUT2D eigenvalue weighted by Gasteiger charge is 2.24. The minimum absolute atomic E-state index is 0.0924. The quantitative estimate of drug-likeness (QED) is 0.631. The van der Waals surface area contributed by atoms with E-state index < -0.39 is 0 Å². The third kappa shape index (κ3) is 2.09. The van der Waals surface area contributed by atoms with Gasteiger partial charge in [-0.05, 0) is 34.5 Å². The molecule has 0 aromatic heterocycles. The second kappa shape index (κ2) is 5.00. The Kier molecular flexibility index (Phi) is 2.98. The fourth-order valence-corrected chi connectivity index (χ4v) is 3.01. The van der Waals surface area contributed by atoms with Crippen LogP contribution in [0, 0.1) is 0 Å². The van der Waals surface area contributed by atoms with Crippen LogP contribution in [0.25, 0.3) is 22.4 Å². The van der Waals surface area contributed by atoms with Gasteiger partial charge in [0.15, 0.2) is 0 Å². The highest BCUT2D eigenvalue weighted by Crippen LogP contribution is 2.35. The number of anilines is 1. The normalized spacial score (nSPS) is 15.1. The van der Waals surface area contributed by atoms with Crippen molar-refractivity contribution in [3.63, 3.8) is 0 Å². The number of rotatable bonds is 1. The summed E-state index contributed by atoms with van der Waals surface area (Å²) in [6, 6.07) is 19.7. The molecule has 106 valence electrons. The van der Waals surface area contributed by atoms with Crippen LogP contribution in [0.3, 0.4) is 0 Å². The number of hydrogen-bond donors (Lipinski definition) is 1. The smallest absolute Gasteiger partial charge is 0.256 e. The fraction of sp³-hybridized carbons (Fsp3) is 0. The van der Waals surface area contributed by atoms with E-state index >= 15 is 0 Å². The van der Waals surface area contributed by atoms with Crippen LogP contribution >= 0.6 is 11.6 Å². The summed E-state index contributed by atoms with van der Waals surface area (Å²) in [5.41, 5.74) is 3.36. The minimum Gasteiger partial charge on any atom is -0.321 e. The number of halogens is 1. The van der Waals surface area contributed by atoms with E-state index in [9.17, 15) is 4.79 Å². The first-order valence-electron chi connectivity index (χ1n) is 7.03. The Morgan fingerprint density at radius 2 is 1.77 bits per heavy atom. The predicted octanol–water partition coefficient (Wildman–Crippen LogP) is 4.99. The number of fused-ring (bicyclic) bond motifs is 2. The molecular formula is C19H12ClNO. The lowest BCUT2D eigenvalue weighted by Crippen LogP contribution is -2.03. The van der Waals surface area contributed by atoms with Crippen molar-refractivity contribution in [1.82, 2.24) is 0 Å². The summed E-state index contributed by atoms with van der Waals surface area (Å²) in [5.74, 6) is -0.0924. The zero-order valence-corrected chi connectivity index (χ0v) is 12.4. The van der Waals surface area contributed by atoms with Crippen molar-refractivity contribution in [2.24, 2.45) is 0 Å². The molecule has 0 unspecified atom stereocenters. The van der Waals surface area contributed by atoms with Crippen LogP contribution in [-0.4, -0.2) is 5.91 Å². The van der Waals surface area contributed by atoms with Crippen molar-refractivity contribution in [1.29, 1.82) is 0 Å². The molecule has 3 heteroatoms. The zero-order valence-electron chi connectivity index (χ0n) is 11.6. The van der Waals surface area contributed by atoms with E-state index in [4.69, 9.17) is 11.6 Å². The van der Waals surface area contributed by atoms with Crippen LogP contribution in [0.15, 0.2) is 60.7 Å². The molecule has 0 fully saturated rings. The molecule has 0 atom stereocenters. The molecule has 1 heterocycles. The molecule has 1 aliphatic rings. The SMILES string of the molecule is O=C1Nc2cc(Cl)ccc2/C1=C\c1cccc2ccccc12. The van der Waals surface area contributed by atoms with Gasteiger partial charge in [-0.3, -0.25) is 4.79 Å². The van der Waals surface area contributed by atoms with Gasteiger partial charge in [0, 0.05) is 16.2 Å². The molecule has 22 heavy (non-hydrogen) atoms.